The number of ether oxygens (including phenoxy) is 2. The van der Waals surface area contributed by atoms with Crippen LogP contribution in [-0.4, -0.2) is 71.8 Å². The Labute approximate surface area is 192 Å². The Morgan fingerprint density at radius 3 is 2.76 bits per heavy atom. The van der Waals surface area contributed by atoms with E-state index in [1.807, 2.05) is 38.1 Å². The highest BCUT2D eigenvalue weighted by atomic mass is 16.6. The largest absolute Gasteiger partial charge is 0.461 e. The lowest BCUT2D eigenvalue weighted by Gasteiger charge is -2.35. The zero-order chi connectivity index (χ0) is 23.3. The molecular formula is C25H28N2O6. The van der Waals surface area contributed by atoms with E-state index in [4.69, 9.17) is 9.47 Å². The zero-order valence-electron chi connectivity index (χ0n) is 18.8. The van der Waals surface area contributed by atoms with Crippen LogP contribution in [0.15, 0.2) is 42.5 Å². The molecule has 4 aliphatic heterocycles. The molecule has 1 aromatic rings. The van der Waals surface area contributed by atoms with Gasteiger partial charge in [-0.3, -0.25) is 14.4 Å². The summed E-state index contributed by atoms with van der Waals surface area (Å²) in [6, 6.07) is 4.99. The van der Waals surface area contributed by atoms with Gasteiger partial charge in [-0.05, 0) is 43.5 Å². The molecule has 0 saturated carbocycles. The molecule has 1 spiro atoms. The van der Waals surface area contributed by atoms with Crippen molar-refractivity contribution in [1.82, 2.24) is 4.90 Å². The molecule has 0 aliphatic carbocycles. The van der Waals surface area contributed by atoms with Gasteiger partial charge in [-0.1, -0.05) is 30.4 Å². The first-order chi connectivity index (χ1) is 15.9. The Kier molecular flexibility index (Phi) is 5.37. The predicted octanol–water partition coefficient (Wildman–Crippen LogP) is 1.28. The third-order valence-electron chi connectivity index (χ3n) is 7.13. The van der Waals surface area contributed by atoms with E-state index in [-0.39, 0.29) is 31.6 Å². The summed E-state index contributed by atoms with van der Waals surface area (Å²) >= 11 is 0. The highest BCUT2D eigenvalue weighted by Crippen LogP contribution is 2.53. The predicted molar refractivity (Wildman–Crippen MR) is 119 cm³/mol. The topological polar surface area (TPSA) is 96.4 Å². The maximum Gasteiger partial charge on any atom is 0.313 e. The van der Waals surface area contributed by atoms with E-state index in [0.29, 0.717) is 13.0 Å². The van der Waals surface area contributed by atoms with Crippen LogP contribution in [0.5, 0.6) is 0 Å². The quantitative estimate of drug-likeness (QED) is 0.546. The Hall–Kier alpha value is -2.97. The van der Waals surface area contributed by atoms with E-state index in [1.165, 1.54) is 4.90 Å². The molecule has 8 heteroatoms. The number of benzene rings is 1. The van der Waals surface area contributed by atoms with Crippen molar-refractivity contribution in [3.8, 4) is 0 Å². The molecule has 0 aromatic heterocycles. The number of esters is 1. The Morgan fingerprint density at radius 2 is 1.97 bits per heavy atom. The van der Waals surface area contributed by atoms with Crippen molar-refractivity contribution in [2.75, 3.05) is 31.2 Å². The summed E-state index contributed by atoms with van der Waals surface area (Å²) in [4.78, 5) is 43.9. The number of fused-ring (bicyclic) bond motifs is 2. The van der Waals surface area contributed by atoms with Crippen molar-refractivity contribution >= 4 is 23.5 Å². The van der Waals surface area contributed by atoms with E-state index >= 15 is 0 Å². The van der Waals surface area contributed by atoms with Crippen LogP contribution in [0.4, 0.5) is 5.69 Å². The standard InChI is InChI=1S/C25H28N2O6/c1-15-7-8-16(2)17(14-15)26-10-4-9-25-20(19-18(33-25)6-3-13-32-24(19)31)22(29)27(11-5-12-28)21(25)23(26)30/h3-4,6-9,14,18-21,28H,5,10-13H2,1-2H3/t18-,19+,20-,21?,25-/m0/s1. The van der Waals surface area contributed by atoms with Gasteiger partial charge in [-0.25, -0.2) is 0 Å². The number of hydrogen-bond donors (Lipinski definition) is 1. The van der Waals surface area contributed by atoms with Gasteiger partial charge in [0.05, 0.1) is 12.0 Å². The maximum absolute atomic E-state index is 14.1. The van der Waals surface area contributed by atoms with Crippen LogP contribution >= 0.6 is 0 Å². The monoisotopic (exact) mass is 452 g/mol. The molecule has 33 heavy (non-hydrogen) atoms. The second-order valence-corrected chi connectivity index (χ2v) is 9.15. The fourth-order valence-corrected chi connectivity index (χ4v) is 5.68. The fraction of sp³-hybridized carbons (Fsp3) is 0.480. The molecule has 2 saturated heterocycles. The summed E-state index contributed by atoms with van der Waals surface area (Å²) in [6.45, 7) is 4.46. The number of amides is 2. The van der Waals surface area contributed by atoms with Gasteiger partial charge in [0.25, 0.3) is 5.91 Å². The number of aryl methyl sites for hydroxylation is 2. The molecule has 4 aliphatic rings. The molecule has 5 atom stereocenters. The zero-order valence-corrected chi connectivity index (χ0v) is 18.8. The van der Waals surface area contributed by atoms with Crippen molar-refractivity contribution in [3.05, 3.63) is 53.6 Å². The molecular weight excluding hydrogens is 424 g/mol. The van der Waals surface area contributed by atoms with Crippen LogP contribution in [0.25, 0.3) is 0 Å². The van der Waals surface area contributed by atoms with E-state index in [2.05, 4.69) is 0 Å². The van der Waals surface area contributed by atoms with Gasteiger partial charge in [-0.15, -0.1) is 0 Å². The number of cyclic esters (lactones) is 1. The van der Waals surface area contributed by atoms with Gasteiger partial charge >= 0.3 is 5.97 Å². The average Bonchev–Trinajstić information content (AvgIpc) is 3.08. The molecule has 4 heterocycles. The number of aliphatic hydroxyl groups excluding tert-OH is 1. The maximum atomic E-state index is 14.1. The number of anilines is 1. The summed E-state index contributed by atoms with van der Waals surface area (Å²) < 4.78 is 11.8. The SMILES string of the molecule is Cc1ccc(C)c(N2CC=C[C@]34O[C@H]5C=CCOC(=O)[C@H]5[C@H]3C(=O)N(CCCO)C4C2=O)c1. The normalized spacial score (nSPS) is 32.9. The first kappa shape index (κ1) is 21.9. The summed E-state index contributed by atoms with van der Waals surface area (Å²) in [7, 11) is 0. The summed E-state index contributed by atoms with van der Waals surface area (Å²) in [6.07, 6.45) is 6.82. The first-order valence-electron chi connectivity index (χ1n) is 11.4. The molecule has 174 valence electrons. The van der Waals surface area contributed by atoms with Crippen molar-refractivity contribution in [1.29, 1.82) is 0 Å². The van der Waals surface area contributed by atoms with E-state index in [9.17, 15) is 19.5 Å². The van der Waals surface area contributed by atoms with Gasteiger partial charge in [0.2, 0.25) is 5.91 Å². The molecule has 0 bridgehead atoms. The molecule has 2 amide bonds. The molecule has 1 aromatic carbocycles. The number of carbonyl (C=O) groups excluding carboxylic acids is 3. The molecule has 1 unspecified atom stereocenters. The van der Waals surface area contributed by atoms with E-state index in [0.717, 1.165) is 16.8 Å². The molecule has 5 rings (SSSR count). The molecule has 1 N–H and O–H groups in total. The summed E-state index contributed by atoms with van der Waals surface area (Å²) in [5.41, 5.74) is 1.49. The van der Waals surface area contributed by atoms with Crippen molar-refractivity contribution in [3.63, 3.8) is 0 Å². The lowest BCUT2D eigenvalue weighted by molar-refractivity contribution is -0.152. The van der Waals surface area contributed by atoms with Crippen molar-refractivity contribution < 1.29 is 29.0 Å². The lowest BCUT2D eigenvalue weighted by Crippen LogP contribution is -2.55. The van der Waals surface area contributed by atoms with E-state index < -0.39 is 35.6 Å². The van der Waals surface area contributed by atoms with Gasteiger partial charge in [0.15, 0.2) is 0 Å². The van der Waals surface area contributed by atoms with Crippen LogP contribution in [0.3, 0.4) is 0 Å². The second kappa shape index (κ2) is 8.11. The lowest BCUT2D eigenvalue weighted by atomic mass is 9.78. The third-order valence-corrected chi connectivity index (χ3v) is 7.13. The van der Waals surface area contributed by atoms with Crippen LogP contribution < -0.4 is 4.90 Å². The highest BCUT2D eigenvalue weighted by Gasteiger charge is 2.71. The number of aliphatic hydroxyl groups is 1. The number of likely N-dealkylation sites (tertiary alicyclic amines) is 1. The van der Waals surface area contributed by atoms with Crippen LogP contribution in [-0.2, 0) is 23.9 Å². The van der Waals surface area contributed by atoms with Crippen LogP contribution in [0, 0.1) is 25.7 Å². The number of nitrogens with zero attached hydrogens (tertiary/aromatic N) is 2. The minimum Gasteiger partial charge on any atom is -0.461 e. The van der Waals surface area contributed by atoms with Crippen molar-refractivity contribution in [2.45, 2.75) is 38.0 Å². The Morgan fingerprint density at radius 1 is 1.15 bits per heavy atom. The number of carbonyl (C=O) groups is 3. The number of rotatable bonds is 4. The third kappa shape index (κ3) is 3.23. The molecule has 8 nitrogen and oxygen atoms in total. The Bertz CT molecular complexity index is 1060. The fourth-order valence-electron chi connectivity index (χ4n) is 5.68. The smallest absolute Gasteiger partial charge is 0.313 e. The summed E-state index contributed by atoms with van der Waals surface area (Å²) in [5.74, 6) is -2.73. The second-order valence-electron chi connectivity index (χ2n) is 9.15. The van der Waals surface area contributed by atoms with Gasteiger partial charge in [-0.2, -0.15) is 0 Å². The first-order valence-corrected chi connectivity index (χ1v) is 11.4. The minimum absolute atomic E-state index is 0.114. The van der Waals surface area contributed by atoms with Gasteiger partial charge in [0, 0.05) is 25.4 Å². The van der Waals surface area contributed by atoms with Crippen LogP contribution in [0.2, 0.25) is 0 Å². The number of hydrogen-bond acceptors (Lipinski definition) is 6. The minimum atomic E-state index is -1.27. The van der Waals surface area contributed by atoms with Crippen molar-refractivity contribution in [2.24, 2.45) is 11.8 Å². The Balaban J connectivity index is 1.63. The van der Waals surface area contributed by atoms with Gasteiger partial charge < -0.3 is 24.4 Å². The van der Waals surface area contributed by atoms with E-state index in [1.54, 1.807) is 23.1 Å². The highest BCUT2D eigenvalue weighted by molar-refractivity contribution is 6.05. The van der Waals surface area contributed by atoms with Gasteiger partial charge in [0.1, 0.15) is 24.2 Å². The summed E-state index contributed by atoms with van der Waals surface area (Å²) in [5, 5.41) is 9.43. The molecule has 2 fully saturated rings. The molecule has 0 radical (unpaired) electrons. The van der Waals surface area contributed by atoms with Crippen LogP contribution in [0.1, 0.15) is 17.5 Å². The average molecular weight is 453 g/mol.